The molecule has 2 nitrogen and oxygen atoms in total. The molecule has 2 rings (SSSR count). The normalized spacial score (nSPS) is 10.1. The van der Waals surface area contributed by atoms with Crippen LogP contribution in [0.3, 0.4) is 0 Å². The molecular weight excluding hydrogens is 238 g/mol. The van der Waals surface area contributed by atoms with Crippen molar-refractivity contribution in [2.75, 3.05) is 0 Å². The fraction of sp³-hybridized carbons (Fsp3) is 0.0714. The first kappa shape index (κ1) is 12.2. The van der Waals surface area contributed by atoms with Crippen molar-refractivity contribution in [2.24, 2.45) is 0 Å². The smallest absolute Gasteiger partial charge is 0.315 e. The van der Waals surface area contributed by atoms with E-state index in [-0.39, 0.29) is 18.0 Å². The van der Waals surface area contributed by atoms with Crippen LogP contribution >= 0.6 is 0 Å². The second kappa shape index (κ2) is 5.40. The lowest BCUT2D eigenvalue weighted by Gasteiger charge is -2.04. The fourth-order valence-electron chi connectivity index (χ4n) is 1.44. The lowest BCUT2D eigenvalue weighted by atomic mass is 10.1. The zero-order valence-electron chi connectivity index (χ0n) is 9.40. The molecule has 0 amide bonds. The van der Waals surface area contributed by atoms with E-state index in [9.17, 15) is 13.6 Å². The maximum atomic E-state index is 12.7. The van der Waals surface area contributed by atoms with Crippen LogP contribution in [0.15, 0.2) is 48.5 Å². The van der Waals surface area contributed by atoms with Crippen molar-refractivity contribution in [3.63, 3.8) is 0 Å². The Balaban J connectivity index is 1.96. The molecule has 0 fully saturated rings. The molecule has 0 spiro atoms. The van der Waals surface area contributed by atoms with Gasteiger partial charge in [-0.05, 0) is 42.0 Å². The van der Waals surface area contributed by atoms with Crippen LogP contribution in [0.2, 0.25) is 0 Å². The Morgan fingerprint density at radius 1 is 0.889 bits per heavy atom. The maximum absolute atomic E-state index is 12.7. The standard InChI is InChI=1S/C14H10F2O2/c15-11-3-1-10(2-4-11)9-14(17)18-13-7-5-12(16)6-8-13/h1-8H,9H2. The van der Waals surface area contributed by atoms with E-state index in [0.717, 1.165) is 0 Å². The average molecular weight is 248 g/mol. The molecule has 18 heavy (non-hydrogen) atoms. The highest BCUT2D eigenvalue weighted by atomic mass is 19.1. The van der Waals surface area contributed by atoms with Gasteiger partial charge in [-0.3, -0.25) is 4.79 Å². The van der Waals surface area contributed by atoms with Crippen molar-refractivity contribution in [1.82, 2.24) is 0 Å². The SMILES string of the molecule is O=C(Cc1ccc(F)cc1)Oc1ccc(F)cc1. The van der Waals surface area contributed by atoms with Gasteiger partial charge in [0.2, 0.25) is 0 Å². The Morgan fingerprint density at radius 2 is 1.39 bits per heavy atom. The number of halogens is 2. The number of carbonyl (C=O) groups excluding carboxylic acids is 1. The van der Waals surface area contributed by atoms with Crippen LogP contribution in [0.4, 0.5) is 8.78 Å². The number of hydrogen-bond donors (Lipinski definition) is 0. The monoisotopic (exact) mass is 248 g/mol. The Kier molecular flexibility index (Phi) is 3.67. The van der Waals surface area contributed by atoms with E-state index in [1.54, 1.807) is 0 Å². The topological polar surface area (TPSA) is 26.3 Å². The molecule has 0 aliphatic carbocycles. The Hall–Kier alpha value is -2.23. The predicted octanol–water partition coefficient (Wildman–Crippen LogP) is 3.11. The van der Waals surface area contributed by atoms with E-state index in [1.165, 1.54) is 48.5 Å². The summed E-state index contributed by atoms with van der Waals surface area (Å²) in [5.41, 5.74) is 0.656. The van der Waals surface area contributed by atoms with Crippen LogP contribution in [0.5, 0.6) is 5.75 Å². The highest BCUT2D eigenvalue weighted by Crippen LogP contribution is 2.12. The van der Waals surface area contributed by atoms with Crippen LogP contribution in [-0.4, -0.2) is 5.97 Å². The summed E-state index contributed by atoms with van der Waals surface area (Å²) in [7, 11) is 0. The van der Waals surface area contributed by atoms with Crippen LogP contribution in [0.25, 0.3) is 0 Å². The first-order valence-corrected chi connectivity index (χ1v) is 5.34. The minimum atomic E-state index is -0.479. The molecule has 0 saturated carbocycles. The second-order valence-electron chi connectivity index (χ2n) is 3.73. The molecule has 0 heterocycles. The van der Waals surface area contributed by atoms with E-state index >= 15 is 0 Å². The van der Waals surface area contributed by atoms with E-state index in [2.05, 4.69) is 0 Å². The molecule has 2 aromatic rings. The molecule has 4 heteroatoms. The van der Waals surface area contributed by atoms with Gasteiger partial charge in [-0.25, -0.2) is 8.78 Å². The minimum absolute atomic E-state index is 0.0393. The van der Waals surface area contributed by atoms with E-state index in [1.807, 2.05) is 0 Å². The third-order valence-electron chi connectivity index (χ3n) is 2.31. The molecule has 0 bridgehead atoms. The molecule has 0 radical (unpaired) electrons. The number of esters is 1. The number of ether oxygens (including phenoxy) is 1. The lowest BCUT2D eigenvalue weighted by Crippen LogP contribution is -2.11. The van der Waals surface area contributed by atoms with Crippen LogP contribution < -0.4 is 4.74 Å². The van der Waals surface area contributed by atoms with Gasteiger partial charge in [-0.2, -0.15) is 0 Å². The van der Waals surface area contributed by atoms with E-state index in [4.69, 9.17) is 4.74 Å². The van der Waals surface area contributed by atoms with Gasteiger partial charge in [0.25, 0.3) is 0 Å². The van der Waals surface area contributed by atoms with Crippen LogP contribution in [-0.2, 0) is 11.2 Å². The van der Waals surface area contributed by atoms with Gasteiger partial charge < -0.3 is 4.74 Å². The van der Waals surface area contributed by atoms with Crippen molar-refractivity contribution in [3.05, 3.63) is 65.7 Å². The fourth-order valence-corrected chi connectivity index (χ4v) is 1.44. The lowest BCUT2D eigenvalue weighted by molar-refractivity contribution is -0.133. The van der Waals surface area contributed by atoms with Crippen molar-refractivity contribution in [3.8, 4) is 5.75 Å². The molecular formula is C14H10F2O2. The summed E-state index contributed by atoms with van der Waals surface area (Å²) >= 11 is 0. The number of carbonyl (C=O) groups is 1. The van der Waals surface area contributed by atoms with Gasteiger partial charge in [0.1, 0.15) is 17.4 Å². The summed E-state index contributed by atoms with van der Waals surface area (Å²) in [6.07, 6.45) is 0.0393. The van der Waals surface area contributed by atoms with Gasteiger partial charge in [0.15, 0.2) is 0 Å². The quantitative estimate of drug-likeness (QED) is 0.616. The molecule has 0 aromatic heterocycles. The highest BCUT2D eigenvalue weighted by molar-refractivity contribution is 5.75. The predicted molar refractivity (Wildman–Crippen MR) is 62.1 cm³/mol. The van der Waals surface area contributed by atoms with Crippen molar-refractivity contribution < 1.29 is 18.3 Å². The Labute approximate surface area is 103 Å². The number of rotatable bonds is 3. The summed E-state index contributed by atoms with van der Waals surface area (Å²) in [6.45, 7) is 0. The molecule has 0 N–H and O–H groups in total. The zero-order valence-corrected chi connectivity index (χ0v) is 9.40. The van der Waals surface area contributed by atoms with Gasteiger partial charge in [0.05, 0.1) is 6.42 Å². The summed E-state index contributed by atoms with van der Waals surface area (Å²) < 4.78 is 30.3. The summed E-state index contributed by atoms with van der Waals surface area (Å²) in [6, 6.07) is 10.8. The third-order valence-corrected chi connectivity index (χ3v) is 2.31. The summed E-state index contributed by atoms with van der Waals surface area (Å²) in [5, 5.41) is 0. The largest absolute Gasteiger partial charge is 0.426 e. The average Bonchev–Trinajstić information content (AvgIpc) is 2.35. The van der Waals surface area contributed by atoms with Crippen molar-refractivity contribution in [2.45, 2.75) is 6.42 Å². The molecule has 0 atom stereocenters. The number of hydrogen-bond acceptors (Lipinski definition) is 2. The molecule has 92 valence electrons. The second-order valence-corrected chi connectivity index (χ2v) is 3.73. The van der Waals surface area contributed by atoms with Crippen LogP contribution in [0.1, 0.15) is 5.56 Å². The minimum Gasteiger partial charge on any atom is -0.426 e. The van der Waals surface area contributed by atoms with E-state index in [0.29, 0.717) is 5.56 Å². The van der Waals surface area contributed by atoms with E-state index < -0.39 is 11.8 Å². The van der Waals surface area contributed by atoms with Gasteiger partial charge in [0, 0.05) is 0 Å². The highest BCUT2D eigenvalue weighted by Gasteiger charge is 2.06. The maximum Gasteiger partial charge on any atom is 0.315 e. The first-order chi connectivity index (χ1) is 8.63. The van der Waals surface area contributed by atoms with Crippen LogP contribution in [0, 0.1) is 11.6 Å². The van der Waals surface area contributed by atoms with Gasteiger partial charge in [-0.1, -0.05) is 12.1 Å². The first-order valence-electron chi connectivity index (χ1n) is 5.34. The molecule has 0 aliphatic rings. The molecule has 0 aliphatic heterocycles. The van der Waals surface area contributed by atoms with Gasteiger partial charge >= 0.3 is 5.97 Å². The van der Waals surface area contributed by atoms with Crippen molar-refractivity contribution in [1.29, 1.82) is 0 Å². The zero-order chi connectivity index (χ0) is 13.0. The Bertz CT molecular complexity index is 483. The molecule has 0 saturated heterocycles. The number of benzene rings is 2. The molecule has 2 aromatic carbocycles. The summed E-state index contributed by atoms with van der Waals surface area (Å²) in [5.74, 6) is -0.948. The Morgan fingerprint density at radius 3 is 1.94 bits per heavy atom. The van der Waals surface area contributed by atoms with Crippen molar-refractivity contribution >= 4 is 5.97 Å². The summed E-state index contributed by atoms with van der Waals surface area (Å²) in [4.78, 5) is 11.5. The molecule has 0 unspecified atom stereocenters. The van der Waals surface area contributed by atoms with Gasteiger partial charge in [-0.15, -0.1) is 0 Å². The third kappa shape index (κ3) is 3.38.